The van der Waals surface area contributed by atoms with E-state index in [1.54, 1.807) is 29.5 Å². The zero-order valence-electron chi connectivity index (χ0n) is 10.3. The van der Waals surface area contributed by atoms with E-state index in [-0.39, 0.29) is 0 Å². The topological polar surface area (TPSA) is 64.3 Å². The molecule has 0 aliphatic carbocycles. The molecule has 2 aromatic rings. The summed E-state index contributed by atoms with van der Waals surface area (Å²) in [4.78, 5) is 12.7. The number of anilines is 2. The van der Waals surface area contributed by atoms with Crippen LogP contribution in [0.25, 0.3) is 0 Å². The highest BCUT2D eigenvalue weighted by Crippen LogP contribution is 2.25. The van der Waals surface area contributed by atoms with Crippen LogP contribution in [0.15, 0.2) is 29.6 Å². The second-order valence-electron chi connectivity index (χ2n) is 3.83. The van der Waals surface area contributed by atoms with Gasteiger partial charge in [0.1, 0.15) is 0 Å². The third kappa shape index (κ3) is 3.19. The molecule has 0 unspecified atom stereocenters. The van der Waals surface area contributed by atoms with Gasteiger partial charge in [-0.3, -0.25) is 0 Å². The maximum atomic E-state index is 11.6. The number of nitrogen functional groups attached to an aromatic ring is 1. The van der Waals surface area contributed by atoms with E-state index in [0.29, 0.717) is 22.8 Å². The summed E-state index contributed by atoms with van der Waals surface area (Å²) in [5.41, 5.74) is 7.62. The van der Waals surface area contributed by atoms with Crippen molar-refractivity contribution >= 4 is 40.3 Å². The molecule has 4 nitrogen and oxygen atoms in total. The Hall–Kier alpha value is -1.72. The lowest BCUT2D eigenvalue weighted by molar-refractivity contribution is 0.0602. The van der Waals surface area contributed by atoms with Crippen molar-refractivity contribution in [1.29, 1.82) is 0 Å². The number of hydrogen-bond acceptors (Lipinski definition) is 5. The van der Waals surface area contributed by atoms with Crippen molar-refractivity contribution in [2.75, 3.05) is 18.2 Å². The molecule has 100 valence electrons. The fourth-order valence-electron chi connectivity index (χ4n) is 1.62. The van der Waals surface area contributed by atoms with Crippen LogP contribution in [0.3, 0.4) is 0 Å². The maximum Gasteiger partial charge on any atom is 0.339 e. The third-order valence-corrected chi connectivity index (χ3v) is 3.78. The summed E-state index contributed by atoms with van der Waals surface area (Å²) in [5, 5.41) is 5.63. The van der Waals surface area contributed by atoms with Gasteiger partial charge in [-0.2, -0.15) is 0 Å². The SMILES string of the molecule is COC(=O)c1ccc(Cl)cc1NCc1sccc1N. The van der Waals surface area contributed by atoms with E-state index in [9.17, 15) is 4.79 Å². The van der Waals surface area contributed by atoms with Gasteiger partial charge in [0, 0.05) is 15.6 Å². The standard InChI is InChI=1S/C13H13ClN2O2S/c1-18-13(17)9-3-2-8(14)6-11(9)16-7-12-10(15)4-5-19-12/h2-6,16H,7,15H2,1H3. The van der Waals surface area contributed by atoms with Crippen molar-refractivity contribution in [3.63, 3.8) is 0 Å². The van der Waals surface area contributed by atoms with Crippen molar-refractivity contribution in [1.82, 2.24) is 0 Å². The first kappa shape index (κ1) is 13.7. The molecule has 6 heteroatoms. The zero-order valence-corrected chi connectivity index (χ0v) is 11.8. The molecule has 0 radical (unpaired) electrons. The predicted octanol–water partition coefficient (Wildman–Crippen LogP) is 3.38. The Bertz CT molecular complexity index is 598. The molecule has 1 aromatic carbocycles. The highest BCUT2D eigenvalue weighted by molar-refractivity contribution is 7.10. The van der Waals surface area contributed by atoms with Crippen LogP contribution in [-0.2, 0) is 11.3 Å². The molecule has 0 saturated heterocycles. The van der Waals surface area contributed by atoms with Gasteiger partial charge >= 0.3 is 5.97 Å². The molecule has 0 atom stereocenters. The van der Waals surface area contributed by atoms with Gasteiger partial charge < -0.3 is 15.8 Å². The molecule has 19 heavy (non-hydrogen) atoms. The molecule has 0 saturated carbocycles. The number of ether oxygens (including phenoxy) is 1. The highest BCUT2D eigenvalue weighted by Gasteiger charge is 2.12. The largest absolute Gasteiger partial charge is 0.465 e. The van der Waals surface area contributed by atoms with E-state index in [1.165, 1.54) is 7.11 Å². The molecular weight excluding hydrogens is 284 g/mol. The number of rotatable bonds is 4. The molecule has 0 fully saturated rings. The number of halogens is 1. The molecule has 0 aliphatic heterocycles. The van der Waals surface area contributed by atoms with Crippen LogP contribution >= 0.6 is 22.9 Å². The Morgan fingerprint density at radius 3 is 2.89 bits per heavy atom. The molecule has 0 aliphatic rings. The van der Waals surface area contributed by atoms with Gasteiger partial charge in [-0.25, -0.2) is 4.79 Å². The van der Waals surface area contributed by atoms with Gasteiger partial charge in [0.25, 0.3) is 0 Å². The highest BCUT2D eigenvalue weighted by atomic mass is 35.5. The van der Waals surface area contributed by atoms with E-state index in [4.69, 9.17) is 22.1 Å². The molecule has 0 spiro atoms. The van der Waals surface area contributed by atoms with Crippen LogP contribution in [0.4, 0.5) is 11.4 Å². The van der Waals surface area contributed by atoms with E-state index in [2.05, 4.69) is 5.32 Å². The van der Waals surface area contributed by atoms with Gasteiger partial charge in [0.05, 0.1) is 24.9 Å². The fraction of sp³-hybridized carbons (Fsp3) is 0.154. The van der Waals surface area contributed by atoms with Crippen molar-refractivity contribution in [2.45, 2.75) is 6.54 Å². The lowest BCUT2D eigenvalue weighted by Crippen LogP contribution is -2.08. The molecule has 3 N–H and O–H groups in total. The lowest BCUT2D eigenvalue weighted by atomic mass is 10.1. The zero-order chi connectivity index (χ0) is 13.8. The van der Waals surface area contributed by atoms with Crippen LogP contribution < -0.4 is 11.1 Å². The number of benzene rings is 1. The summed E-state index contributed by atoms with van der Waals surface area (Å²) in [6.07, 6.45) is 0. The maximum absolute atomic E-state index is 11.6. The summed E-state index contributed by atoms with van der Waals surface area (Å²) in [7, 11) is 1.35. The Morgan fingerprint density at radius 1 is 1.47 bits per heavy atom. The minimum Gasteiger partial charge on any atom is -0.465 e. The number of carbonyl (C=O) groups excluding carboxylic acids is 1. The first-order valence-corrected chi connectivity index (χ1v) is 6.81. The third-order valence-electron chi connectivity index (χ3n) is 2.61. The first-order chi connectivity index (χ1) is 9.11. The molecule has 0 bridgehead atoms. The number of nitrogens with one attached hydrogen (secondary N) is 1. The van der Waals surface area contributed by atoms with Crippen LogP contribution in [0.2, 0.25) is 5.02 Å². The summed E-state index contributed by atoms with van der Waals surface area (Å²) in [5.74, 6) is -0.404. The van der Waals surface area contributed by atoms with Gasteiger partial charge in [-0.05, 0) is 29.6 Å². The van der Waals surface area contributed by atoms with Gasteiger partial charge in [-0.1, -0.05) is 11.6 Å². The molecular formula is C13H13ClN2O2S. The monoisotopic (exact) mass is 296 g/mol. The molecule has 1 aromatic heterocycles. The van der Waals surface area contributed by atoms with E-state index < -0.39 is 5.97 Å². The van der Waals surface area contributed by atoms with Crippen molar-refractivity contribution < 1.29 is 9.53 Å². The number of hydrogen-bond donors (Lipinski definition) is 2. The van der Waals surface area contributed by atoms with Crippen LogP contribution in [0.5, 0.6) is 0 Å². The Balaban J connectivity index is 2.21. The van der Waals surface area contributed by atoms with Gasteiger partial charge in [0.15, 0.2) is 0 Å². The first-order valence-electron chi connectivity index (χ1n) is 5.55. The summed E-state index contributed by atoms with van der Waals surface area (Å²) in [6.45, 7) is 0.536. The summed E-state index contributed by atoms with van der Waals surface area (Å²) in [6, 6.07) is 6.82. The smallest absolute Gasteiger partial charge is 0.339 e. The summed E-state index contributed by atoms with van der Waals surface area (Å²) >= 11 is 7.50. The predicted molar refractivity (Wildman–Crippen MR) is 78.8 cm³/mol. The molecule has 2 rings (SSSR count). The number of nitrogens with two attached hydrogens (primary N) is 1. The van der Waals surface area contributed by atoms with Crippen LogP contribution in [0.1, 0.15) is 15.2 Å². The number of thiophene rings is 1. The number of esters is 1. The Morgan fingerprint density at radius 2 is 2.26 bits per heavy atom. The number of carbonyl (C=O) groups is 1. The van der Waals surface area contributed by atoms with Crippen molar-refractivity contribution in [3.8, 4) is 0 Å². The minimum absolute atomic E-state index is 0.404. The van der Waals surface area contributed by atoms with Gasteiger partial charge in [0.2, 0.25) is 0 Å². The summed E-state index contributed by atoms with van der Waals surface area (Å²) < 4.78 is 4.73. The Kier molecular flexibility index (Phi) is 4.29. The Labute approximate surface area is 120 Å². The van der Waals surface area contributed by atoms with E-state index >= 15 is 0 Å². The normalized spacial score (nSPS) is 10.2. The van der Waals surface area contributed by atoms with Crippen LogP contribution in [0, 0.1) is 0 Å². The quantitative estimate of drug-likeness (QED) is 0.849. The van der Waals surface area contributed by atoms with Gasteiger partial charge in [-0.15, -0.1) is 11.3 Å². The van der Waals surface area contributed by atoms with Crippen molar-refractivity contribution in [3.05, 3.63) is 45.1 Å². The average Bonchev–Trinajstić information content (AvgIpc) is 2.81. The fourth-order valence-corrected chi connectivity index (χ4v) is 2.53. The van der Waals surface area contributed by atoms with E-state index in [0.717, 1.165) is 10.6 Å². The minimum atomic E-state index is -0.404. The second-order valence-corrected chi connectivity index (χ2v) is 5.27. The molecule has 0 amide bonds. The molecule has 1 heterocycles. The van der Waals surface area contributed by atoms with Crippen LogP contribution in [-0.4, -0.2) is 13.1 Å². The average molecular weight is 297 g/mol. The van der Waals surface area contributed by atoms with Crippen molar-refractivity contribution in [2.24, 2.45) is 0 Å². The van der Waals surface area contributed by atoms with E-state index in [1.807, 2.05) is 11.4 Å². The number of methoxy groups -OCH3 is 1. The second kappa shape index (κ2) is 5.95. The lowest BCUT2D eigenvalue weighted by Gasteiger charge is -2.11.